The molecule has 1 aliphatic carbocycles. The lowest BCUT2D eigenvalue weighted by molar-refractivity contribution is -0.132. The molecule has 0 atom stereocenters. The van der Waals surface area contributed by atoms with Gasteiger partial charge in [0.05, 0.1) is 5.52 Å². The minimum Gasteiger partial charge on any atom is -0.355 e. The Morgan fingerprint density at radius 2 is 1.83 bits per heavy atom. The molecular weight excluding hydrogens is 362 g/mol. The number of carbonyl (C=O) groups excluding carboxylic acids is 1. The lowest BCUT2D eigenvalue weighted by atomic mass is 10.2. The van der Waals surface area contributed by atoms with Crippen molar-refractivity contribution in [2.24, 2.45) is 0 Å². The van der Waals surface area contributed by atoms with Crippen LogP contribution in [-0.2, 0) is 4.79 Å². The van der Waals surface area contributed by atoms with E-state index in [1.165, 1.54) is 12.8 Å². The number of rotatable bonds is 8. The third-order valence-electron chi connectivity index (χ3n) is 6.10. The minimum absolute atomic E-state index is 0.266. The van der Waals surface area contributed by atoms with Crippen molar-refractivity contribution >= 4 is 22.6 Å². The third-order valence-corrected chi connectivity index (χ3v) is 6.10. The van der Waals surface area contributed by atoms with E-state index in [-0.39, 0.29) is 5.91 Å². The molecule has 1 amide bonds. The van der Waals surface area contributed by atoms with Gasteiger partial charge in [0, 0.05) is 57.0 Å². The fourth-order valence-corrected chi connectivity index (χ4v) is 4.14. The number of aromatic nitrogens is 2. The van der Waals surface area contributed by atoms with Gasteiger partial charge in [0.2, 0.25) is 5.91 Å². The van der Waals surface area contributed by atoms with Crippen molar-refractivity contribution in [3.8, 4) is 0 Å². The number of hydrogen-bond acceptors (Lipinski definition) is 5. The number of likely N-dealkylation sites (N-methyl/N-ethyl adjacent to an activating group) is 1. The predicted molar refractivity (Wildman–Crippen MR) is 117 cm³/mol. The molecule has 2 fully saturated rings. The molecule has 0 radical (unpaired) electrons. The van der Waals surface area contributed by atoms with Gasteiger partial charge in [-0.1, -0.05) is 26.0 Å². The highest BCUT2D eigenvalue weighted by molar-refractivity contribution is 5.90. The molecule has 156 valence electrons. The smallest absolute Gasteiger partial charge is 0.224 e. The van der Waals surface area contributed by atoms with Gasteiger partial charge in [0.25, 0.3) is 0 Å². The largest absolute Gasteiger partial charge is 0.355 e. The summed E-state index contributed by atoms with van der Waals surface area (Å²) in [6.45, 7) is 10.7. The van der Waals surface area contributed by atoms with Crippen LogP contribution in [0.1, 0.15) is 51.3 Å². The molecule has 6 nitrogen and oxygen atoms in total. The first-order chi connectivity index (χ1) is 14.2. The second-order valence-electron chi connectivity index (χ2n) is 8.25. The van der Waals surface area contributed by atoms with Crippen LogP contribution in [0.5, 0.6) is 0 Å². The summed E-state index contributed by atoms with van der Waals surface area (Å²) in [5.41, 5.74) is 1.02. The zero-order chi connectivity index (χ0) is 20.2. The van der Waals surface area contributed by atoms with Crippen molar-refractivity contribution in [2.45, 2.75) is 45.4 Å². The Labute approximate surface area is 173 Å². The second kappa shape index (κ2) is 9.08. The monoisotopic (exact) mass is 395 g/mol. The zero-order valence-corrected chi connectivity index (χ0v) is 17.8. The molecule has 1 saturated heterocycles. The van der Waals surface area contributed by atoms with E-state index < -0.39 is 0 Å². The molecule has 0 unspecified atom stereocenters. The van der Waals surface area contributed by atoms with Crippen LogP contribution in [0, 0.1) is 0 Å². The Bertz CT molecular complexity index is 842. The zero-order valence-electron chi connectivity index (χ0n) is 17.8. The van der Waals surface area contributed by atoms with E-state index in [0.29, 0.717) is 18.9 Å². The molecule has 0 bridgehead atoms. The highest BCUT2D eigenvalue weighted by Crippen LogP contribution is 2.39. The van der Waals surface area contributed by atoms with Gasteiger partial charge in [0.1, 0.15) is 11.6 Å². The molecule has 1 aromatic heterocycles. The maximum atomic E-state index is 12.8. The van der Waals surface area contributed by atoms with Crippen LogP contribution < -0.4 is 4.90 Å². The molecule has 6 heteroatoms. The van der Waals surface area contributed by atoms with Gasteiger partial charge in [0.15, 0.2) is 0 Å². The highest BCUT2D eigenvalue weighted by atomic mass is 16.2. The molecule has 1 saturated carbocycles. The fraction of sp³-hybridized carbons (Fsp3) is 0.609. The van der Waals surface area contributed by atoms with E-state index in [2.05, 4.69) is 41.8 Å². The van der Waals surface area contributed by atoms with Gasteiger partial charge < -0.3 is 14.7 Å². The van der Waals surface area contributed by atoms with Crippen molar-refractivity contribution in [1.82, 2.24) is 19.8 Å². The number of para-hydroxylation sites is 1. The minimum atomic E-state index is 0.266. The SMILES string of the molecule is CCCN(CCC(=O)N1CCN(CC)CC1)c1nc(C2CC2)nc2ccccc12. The van der Waals surface area contributed by atoms with Crippen LogP contribution >= 0.6 is 0 Å². The summed E-state index contributed by atoms with van der Waals surface area (Å²) in [5, 5.41) is 1.09. The Balaban J connectivity index is 1.50. The van der Waals surface area contributed by atoms with Crippen LogP contribution in [0.4, 0.5) is 5.82 Å². The summed E-state index contributed by atoms with van der Waals surface area (Å²) in [7, 11) is 0. The second-order valence-corrected chi connectivity index (χ2v) is 8.25. The summed E-state index contributed by atoms with van der Waals surface area (Å²) in [6.07, 6.45) is 3.95. The van der Waals surface area contributed by atoms with E-state index >= 15 is 0 Å². The first-order valence-corrected chi connectivity index (χ1v) is 11.2. The summed E-state index contributed by atoms with van der Waals surface area (Å²) in [6, 6.07) is 8.28. The molecule has 29 heavy (non-hydrogen) atoms. The van der Waals surface area contributed by atoms with E-state index in [9.17, 15) is 4.79 Å². The maximum Gasteiger partial charge on any atom is 0.224 e. The van der Waals surface area contributed by atoms with E-state index in [1.54, 1.807) is 0 Å². The molecule has 1 aliphatic heterocycles. The summed E-state index contributed by atoms with van der Waals surface area (Å²) >= 11 is 0. The standard InChI is InChI=1S/C23H33N5O/c1-3-12-28(13-11-21(29)27-16-14-26(4-2)15-17-27)23-19-7-5-6-8-20(19)24-22(25-23)18-9-10-18/h5-8,18H,3-4,9-17H2,1-2H3. The molecule has 2 aromatic rings. The van der Waals surface area contributed by atoms with Crippen molar-refractivity contribution in [1.29, 1.82) is 0 Å². The first-order valence-electron chi connectivity index (χ1n) is 11.2. The van der Waals surface area contributed by atoms with Crippen molar-refractivity contribution < 1.29 is 4.79 Å². The average molecular weight is 396 g/mol. The van der Waals surface area contributed by atoms with Gasteiger partial charge in [-0.2, -0.15) is 0 Å². The van der Waals surface area contributed by atoms with Crippen LogP contribution in [0.15, 0.2) is 24.3 Å². The number of benzene rings is 1. The number of amides is 1. The average Bonchev–Trinajstić information content (AvgIpc) is 3.61. The molecular formula is C23H33N5O. The Morgan fingerprint density at radius 3 is 2.52 bits per heavy atom. The van der Waals surface area contributed by atoms with Crippen LogP contribution in [-0.4, -0.2) is 71.5 Å². The van der Waals surface area contributed by atoms with Crippen molar-refractivity contribution in [3.05, 3.63) is 30.1 Å². The Kier molecular flexibility index (Phi) is 6.28. The van der Waals surface area contributed by atoms with Gasteiger partial charge in [-0.25, -0.2) is 9.97 Å². The van der Waals surface area contributed by atoms with Crippen molar-refractivity contribution in [2.75, 3.05) is 50.7 Å². The third kappa shape index (κ3) is 4.69. The topological polar surface area (TPSA) is 52.6 Å². The number of fused-ring (bicyclic) bond motifs is 1. The van der Waals surface area contributed by atoms with Crippen LogP contribution in [0.3, 0.4) is 0 Å². The fourth-order valence-electron chi connectivity index (χ4n) is 4.14. The van der Waals surface area contributed by atoms with Gasteiger partial charge >= 0.3 is 0 Å². The molecule has 0 spiro atoms. The lowest BCUT2D eigenvalue weighted by Crippen LogP contribution is -2.49. The number of anilines is 1. The Hall–Kier alpha value is -2.21. The molecule has 0 N–H and O–H groups in total. The van der Waals surface area contributed by atoms with Crippen LogP contribution in [0.25, 0.3) is 10.9 Å². The first kappa shape index (κ1) is 20.1. The highest BCUT2D eigenvalue weighted by Gasteiger charge is 2.28. The van der Waals surface area contributed by atoms with E-state index in [1.807, 2.05) is 11.0 Å². The van der Waals surface area contributed by atoms with Gasteiger partial charge in [-0.3, -0.25) is 4.79 Å². The van der Waals surface area contributed by atoms with E-state index in [0.717, 1.165) is 68.2 Å². The Morgan fingerprint density at radius 1 is 1.07 bits per heavy atom. The van der Waals surface area contributed by atoms with Gasteiger partial charge in [-0.15, -0.1) is 0 Å². The van der Waals surface area contributed by atoms with E-state index in [4.69, 9.17) is 9.97 Å². The molecule has 2 heterocycles. The van der Waals surface area contributed by atoms with Gasteiger partial charge in [-0.05, 0) is 37.9 Å². The summed E-state index contributed by atoms with van der Waals surface area (Å²) < 4.78 is 0. The number of carbonyl (C=O) groups is 1. The normalized spacial score (nSPS) is 17.7. The summed E-state index contributed by atoms with van der Waals surface area (Å²) in [4.78, 5) is 29.3. The quantitative estimate of drug-likeness (QED) is 0.687. The number of piperazine rings is 1. The molecule has 1 aromatic carbocycles. The van der Waals surface area contributed by atoms with Crippen molar-refractivity contribution in [3.63, 3.8) is 0 Å². The maximum absolute atomic E-state index is 12.8. The lowest BCUT2D eigenvalue weighted by Gasteiger charge is -2.34. The number of hydrogen-bond donors (Lipinski definition) is 0. The van der Waals surface area contributed by atoms with Crippen LogP contribution in [0.2, 0.25) is 0 Å². The summed E-state index contributed by atoms with van der Waals surface area (Å²) in [5.74, 6) is 2.76. The molecule has 2 aliphatic rings. The number of nitrogens with zero attached hydrogens (tertiary/aromatic N) is 5. The molecule has 4 rings (SSSR count). The predicted octanol–water partition coefficient (Wildman–Crippen LogP) is 3.28.